The zero-order valence-corrected chi connectivity index (χ0v) is 15.2. The number of hydrogen-bond donors (Lipinski definition) is 1. The van der Waals surface area contributed by atoms with Crippen LogP contribution in [0.15, 0.2) is 48.5 Å². The van der Waals surface area contributed by atoms with Crippen LogP contribution in [0.25, 0.3) is 0 Å². The number of ether oxygens (including phenoxy) is 1. The summed E-state index contributed by atoms with van der Waals surface area (Å²) in [5, 5.41) is 2.88. The summed E-state index contributed by atoms with van der Waals surface area (Å²) in [6, 6.07) is 14.9. The number of benzene rings is 2. The first-order chi connectivity index (χ1) is 11.9. The molecule has 1 amide bonds. The van der Waals surface area contributed by atoms with Crippen LogP contribution in [0.1, 0.15) is 54.6 Å². The SMILES string of the molecule is CC[C@H](C)c1ccccc1NC(=O)[C@H](C)OC(=O)c1ccccc1C. The second kappa shape index (κ2) is 8.47. The molecule has 0 saturated heterocycles. The zero-order chi connectivity index (χ0) is 18.4. The summed E-state index contributed by atoms with van der Waals surface area (Å²) in [5.74, 6) is -0.491. The van der Waals surface area contributed by atoms with E-state index in [0.717, 1.165) is 23.2 Å². The largest absolute Gasteiger partial charge is 0.449 e. The molecule has 0 aromatic heterocycles. The Morgan fingerprint density at radius 1 is 1.04 bits per heavy atom. The summed E-state index contributed by atoms with van der Waals surface area (Å²) in [6.07, 6.45) is 0.0992. The maximum Gasteiger partial charge on any atom is 0.339 e. The number of nitrogens with one attached hydrogen (secondary N) is 1. The molecule has 4 heteroatoms. The summed E-state index contributed by atoms with van der Waals surface area (Å²) >= 11 is 0. The molecule has 2 aromatic rings. The molecular weight excluding hydrogens is 314 g/mol. The van der Waals surface area contributed by atoms with Gasteiger partial charge in [-0.05, 0) is 49.4 Å². The van der Waals surface area contributed by atoms with E-state index in [2.05, 4.69) is 19.2 Å². The molecule has 0 aliphatic carbocycles. The van der Waals surface area contributed by atoms with E-state index in [1.54, 1.807) is 19.1 Å². The molecule has 1 N–H and O–H groups in total. The van der Waals surface area contributed by atoms with Crippen molar-refractivity contribution in [1.82, 2.24) is 0 Å². The van der Waals surface area contributed by atoms with Gasteiger partial charge in [-0.2, -0.15) is 0 Å². The van der Waals surface area contributed by atoms with Gasteiger partial charge in [-0.25, -0.2) is 4.79 Å². The highest BCUT2D eigenvalue weighted by molar-refractivity contribution is 5.98. The van der Waals surface area contributed by atoms with E-state index in [-0.39, 0.29) is 5.91 Å². The molecule has 0 heterocycles. The maximum absolute atomic E-state index is 12.4. The number of anilines is 1. The number of esters is 1. The molecule has 0 bridgehead atoms. The fourth-order valence-electron chi connectivity index (χ4n) is 2.57. The average molecular weight is 339 g/mol. The first-order valence-electron chi connectivity index (χ1n) is 8.60. The molecule has 2 aromatic carbocycles. The fourth-order valence-corrected chi connectivity index (χ4v) is 2.57. The molecule has 0 fully saturated rings. The van der Waals surface area contributed by atoms with E-state index in [4.69, 9.17) is 4.74 Å². The number of amides is 1. The van der Waals surface area contributed by atoms with Crippen LogP contribution in [0, 0.1) is 6.92 Å². The van der Waals surface area contributed by atoms with Crippen molar-refractivity contribution in [3.63, 3.8) is 0 Å². The number of aryl methyl sites for hydroxylation is 1. The minimum atomic E-state index is -0.878. The molecule has 25 heavy (non-hydrogen) atoms. The lowest BCUT2D eigenvalue weighted by molar-refractivity contribution is -0.123. The Morgan fingerprint density at radius 3 is 2.36 bits per heavy atom. The standard InChI is InChI=1S/C21H25NO3/c1-5-14(2)17-11-8-9-13-19(17)22-20(23)16(4)25-21(24)18-12-7-6-10-15(18)3/h6-14,16H,5H2,1-4H3,(H,22,23)/t14-,16-/m0/s1. The second-order valence-corrected chi connectivity index (χ2v) is 6.25. The highest BCUT2D eigenvalue weighted by atomic mass is 16.5. The third-order valence-electron chi connectivity index (χ3n) is 4.38. The predicted octanol–water partition coefficient (Wildman–Crippen LogP) is 4.69. The lowest BCUT2D eigenvalue weighted by Gasteiger charge is -2.18. The van der Waals surface area contributed by atoms with Crippen LogP contribution in [-0.2, 0) is 9.53 Å². The number of rotatable bonds is 6. The quantitative estimate of drug-likeness (QED) is 0.777. The number of hydrogen-bond acceptors (Lipinski definition) is 3. The molecule has 2 atom stereocenters. The van der Waals surface area contributed by atoms with E-state index < -0.39 is 12.1 Å². The van der Waals surface area contributed by atoms with Crippen LogP contribution >= 0.6 is 0 Å². The highest BCUT2D eigenvalue weighted by Gasteiger charge is 2.21. The van der Waals surface area contributed by atoms with Crippen molar-refractivity contribution in [2.45, 2.75) is 46.1 Å². The molecule has 132 valence electrons. The number of carbonyl (C=O) groups excluding carboxylic acids is 2. The highest BCUT2D eigenvalue weighted by Crippen LogP contribution is 2.26. The Bertz CT molecular complexity index is 754. The van der Waals surface area contributed by atoms with Gasteiger partial charge in [0, 0.05) is 5.69 Å². The minimum Gasteiger partial charge on any atom is -0.449 e. The Kier molecular flexibility index (Phi) is 6.34. The molecule has 4 nitrogen and oxygen atoms in total. The molecule has 0 aliphatic rings. The maximum atomic E-state index is 12.4. The average Bonchev–Trinajstić information content (AvgIpc) is 2.61. The van der Waals surface area contributed by atoms with Crippen LogP contribution in [0.3, 0.4) is 0 Å². The monoisotopic (exact) mass is 339 g/mol. The third kappa shape index (κ3) is 4.69. The molecule has 0 saturated carbocycles. The van der Waals surface area contributed by atoms with Crippen LogP contribution in [0.2, 0.25) is 0 Å². The van der Waals surface area contributed by atoms with Gasteiger partial charge >= 0.3 is 5.97 Å². The van der Waals surface area contributed by atoms with E-state index in [1.807, 2.05) is 43.3 Å². The lowest BCUT2D eigenvalue weighted by atomic mass is 9.97. The molecule has 0 unspecified atom stereocenters. The van der Waals surface area contributed by atoms with Crippen molar-refractivity contribution in [3.05, 3.63) is 65.2 Å². The van der Waals surface area contributed by atoms with Crippen molar-refractivity contribution in [3.8, 4) is 0 Å². The summed E-state index contributed by atoms with van der Waals surface area (Å²) in [7, 11) is 0. The van der Waals surface area contributed by atoms with Gasteiger partial charge in [-0.1, -0.05) is 50.2 Å². The summed E-state index contributed by atoms with van der Waals surface area (Å²) in [6.45, 7) is 7.64. The molecule has 0 aliphatic heterocycles. The Labute approximate surface area is 149 Å². The van der Waals surface area contributed by atoms with Crippen LogP contribution < -0.4 is 5.32 Å². The van der Waals surface area contributed by atoms with Crippen LogP contribution in [-0.4, -0.2) is 18.0 Å². The first-order valence-corrected chi connectivity index (χ1v) is 8.60. The Balaban J connectivity index is 2.06. The third-order valence-corrected chi connectivity index (χ3v) is 4.38. The van der Waals surface area contributed by atoms with Gasteiger partial charge in [-0.3, -0.25) is 4.79 Å². The van der Waals surface area contributed by atoms with Gasteiger partial charge in [0.1, 0.15) is 0 Å². The van der Waals surface area contributed by atoms with Crippen molar-refractivity contribution < 1.29 is 14.3 Å². The van der Waals surface area contributed by atoms with Crippen LogP contribution in [0.4, 0.5) is 5.69 Å². The normalized spacial score (nSPS) is 13.0. The fraction of sp³-hybridized carbons (Fsp3) is 0.333. The van der Waals surface area contributed by atoms with Gasteiger partial charge in [0.15, 0.2) is 6.10 Å². The Hall–Kier alpha value is -2.62. The molecule has 0 radical (unpaired) electrons. The Morgan fingerprint density at radius 2 is 1.68 bits per heavy atom. The zero-order valence-electron chi connectivity index (χ0n) is 15.2. The van der Waals surface area contributed by atoms with E-state index >= 15 is 0 Å². The first kappa shape index (κ1) is 18.7. The smallest absolute Gasteiger partial charge is 0.339 e. The van der Waals surface area contributed by atoms with Gasteiger partial charge in [0.05, 0.1) is 5.56 Å². The van der Waals surface area contributed by atoms with Gasteiger partial charge in [-0.15, -0.1) is 0 Å². The van der Waals surface area contributed by atoms with Crippen molar-refractivity contribution in [1.29, 1.82) is 0 Å². The topological polar surface area (TPSA) is 55.4 Å². The molecule has 2 rings (SSSR count). The van der Waals surface area contributed by atoms with E-state index in [1.165, 1.54) is 0 Å². The second-order valence-electron chi connectivity index (χ2n) is 6.25. The van der Waals surface area contributed by atoms with E-state index in [0.29, 0.717) is 11.5 Å². The van der Waals surface area contributed by atoms with Gasteiger partial charge < -0.3 is 10.1 Å². The molecule has 0 spiro atoms. The lowest BCUT2D eigenvalue weighted by Crippen LogP contribution is -2.30. The minimum absolute atomic E-state index is 0.335. The van der Waals surface area contributed by atoms with E-state index in [9.17, 15) is 9.59 Å². The van der Waals surface area contributed by atoms with Crippen molar-refractivity contribution in [2.24, 2.45) is 0 Å². The van der Waals surface area contributed by atoms with Crippen molar-refractivity contribution >= 4 is 17.6 Å². The van der Waals surface area contributed by atoms with Gasteiger partial charge in [0.2, 0.25) is 0 Å². The predicted molar refractivity (Wildman–Crippen MR) is 99.8 cm³/mol. The van der Waals surface area contributed by atoms with Gasteiger partial charge in [0.25, 0.3) is 5.91 Å². The summed E-state index contributed by atoms with van der Waals surface area (Å²) < 4.78 is 5.33. The number of para-hydroxylation sites is 1. The summed E-state index contributed by atoms with van der Waals surface area (Å²) in [4.78, 5) is 24.7. The van der Waals surface area contributed by atoms with Crippen molar-refractivity contribution in [2.75, 3.05) is 5.32 Å². The van der Waals surface area contributed by atoms with Crippen LogP contribution in [0.5, 0.6) is 0 Å². The molecular formula is C21H25NO3. The summed E-state index contributed by atoms with van der Waals surface area (Å²) in [5.41, 5.74) is 3.14. The number of carbonyl (C=O) groups is 2.